The molecular formula is C8H9N3O2. The van der Waals surface area contributed by atoms with Gasteiger partial charge in [0.2, 0.25) is 0 Å². The molecule has 5 heteroatoms. The maximum atomic E-state index is 9.33. The summed E-state index contributed by atoms with van der Waals surface area (Å²) in [7, 11) is 0. The molecule has 0 saturated carbocycles. The normalized spacial score (nSPS) is 14.6. The average Bonchev–Trinajstić information content (AvgIpc) is 2.17. The van der Waals surface area contributed by atoms with Gasteiger partial charge >= 0.3 is 0 Å². The van der Waals surface area contributed by atoms with E-state index in [0.29, 0.717) is 11.4 Å². The van der Waals surface area contributed by atoms with E-state index in [2.05, 4.69) is 9.97 Å². The van der Waals surface area contributed by atoms with Gasteiger partial charge in [-0.05, 0) is 6.92 Å². The molecule has 0 fully saturated rings. The third kappa shape index (κ3) is 2.21. The smallest absolute Gasteiger partial charge is 0.170 e. The van der Waals surface area contributed by atoms with Crippen molar-refractivity contribution in [2.75, 3.05) is 0 Å². The van der Waals surface area contributed by atoms with Crippen molar-refractivity contribution in [3.05, 3.63) is 23.8 Å². The van der Waals surface area contributed by atoms with Crippen LogP contribution < -0.4 is 0 Å². The predicted octanol–water partition coefficient (Wildman–Crippen LogP) is -0.297. The van der Waals surface area contributed by atoms with Crippen molar-refractivity contribution in [3.63, 3.8) is 0 Å². The highest BCUT2D eigenvalue weighted by Crippen LogP contribution is 2.13. The van der Waals surface area contributed by atoms with Crippen molar-refractivity contribution in [3.8, 4) is 6.07 Å². The van der Waals surface area contributed by atoms with E-state index in [1.807, 2.05) is 0 Å². The summed E-state index contributed by atoms with van der Waals surface area (Å²) in [6.07, 6.45) is 0.0816. The Bertz CT molecular complexity index is 317. The number of hydrogen-bond donors (Lipinski definition) is 2. The van der Waals surface area contributed by atoms with E-state index in [1.165, 1.54) is 18.5 Å². The molecule has 1 aromatic heterocycles. The molecule has 1 aromatic rings. The molecule has 2 N–H and O–H groups in total. The molecule has 2 atom stereocenters. The Morgan fingerprint density at radius 3 is 2.38 bits per heavy atom. The van der Waals surface area contributed by atoms with Gasteiger partial charge in [-0.25, -0.2) is 9.97 Å². The molecule has 0 amide bonds. The SMILES string of the molecule is Cc1ncc(C(O)C(O)C#N)cn1. The summed E-state index contributed by atoms with van der Waals surface area (Å²) in [5.74, 6) is 0.572. The van der Waals surface area contributed by atoms with E-state index in [-0.39, 0.29) is 0 Å². The standard InChI is InChI=1S/C8H9N3O2/c1-5-10-3-6(4-11-5)8(13)7(12)2-9/h3-4,7-8,12-13H,1H3. The fourth-order valence-electron chi connectivity index (χ4n) is 0.808. The minimum atomic E-state index is -1.44. The lowest BCUT2D eigenvalue weighted by molar-refractivity contribution is 0.0523. The summed E-state index contributed by atoms with van der Waals surface area (Å²) in [4.78, 5) is 7.65. The highest BCUT2D eigenvalue weighted by molar-refractivity contribution is 5.12. The lowest BCUT2D eigenvalue weighted by atomic mass is 10.1. The van der Waals surface area contributed by atoms with Crippen LogP contribution in [-0.4, -0.2) is 26.3 Å². The Hall–Kier alpha value is -1.51. The predicted molar refractivity (Wildman–Crippen MR) is 43.3 cm³/mol. The average molecular weight is 179 g/mol. The van der Waals surface area contributed by atoms with Crippen LogP contribution in [0.2, 0.25) is 0 Å². The molecule has 0 aromatic carbocycles. The van der Waals surface area contributed by atoms with Gasteiger partial charge in [0.25, 0.3) is 0 Å². The van der Waals surface area contributed by atoms with Crippen molar-refractivity contribution in [1.82, 2.24) is 9.97 Å². The van der Waals surface area contributed by atoms with Gasteiger partial charge in [-0.1, -0.05) is 0 Å². The number of aromatic nitrogens is 2. The molecule has 1 rings (SSSR count). The molecular weight excluding hydrogens is 170 g/mol. The molecule has 13 heavy (non-hydrogen) atoms. The van der Waals surface area contributed by atoms with Gasteiger partial charge in [-0.15, -0.1) is 0 Å². The second kappa shape index (κ2) is 3.94. The Labute approximate surface area is 75.3 Å². The quantitative estimate of drug-likeness (QED) is 0.608. The van der Waals surface area contributed by atoms with Crippen molar-refractivity contribution < 1.29 is 10.2 Å². The number of rotatable bonds is 2. The van der Waals surface area contributed by atoms with Gasteiger partial charge in [-0.2, -0.15) is 5.26 Å². The Kier molecular flexibility index (Phi) is 2.90. The zero-order valence-corrected chi connectivity index (χ0v) is 7.05. The van der Waals surface area contributed by atoms with Crippen LogP contribution in [0.5, 0.6) is 0 Å². The van der Waals surface area contributed by atoms with Crippen molar-refractivity contribution in [2.24, 2.45) is 0 Å². The van der Waals surface area contributed by atoms with Crippen molar-refractivity contribution >= 4 is 0 Å². The molecule has 0 aliphatic rings. The molecule has 0 bridgehead atoms. The number of nitriles is 1. The molecule has 0 spiro atoms. The fourth-order valence-corrected chi connectivity index (χ4v) is 0.808. The minimum absolute atomic E-state index is 0.333. The third-order valence-corrected chi connectivity index (χ3v) is 1.57. The minimum Gasteiger partial charge on any atom is -0.384 e. The summed E-state index contributed by atoms with van der Waals surface area (Å²) in [6.45, 7) is 1.71. The molecule has 0 aliphatic carbocycles. The number of aliphatic hydroxyl groups excluding tert-OH is 2. The van der Waals surface area contributed by atoms with Crippen molar-refractivity contribution in [1.29, 1.82) is 5.26 Å². The first-order valence-corrected chi connectivity index (χ1v) is 3.69. The fraction of sp³-hybridized carbons (Fsp3) is 0.375. The highest BCUT2D eigenvalue weighted by Gasteiger charge is 2.17. The van der Waals surface area contributed by atoms with Crippen LogP contribution in [-0.2, 0) is 0 Å². The van der Waals surface area contributed by atoms with Gasteiger partial charge in [0.05, 0.1) is 6.07 Å². The van der Waals surface area contributed by atoms with Crippen LogP contribution >= 0.6 is 0 Å². The second-order valence-corrected chi connectivity index (χ2v) is 2.58. The summed E-state index contributed by atoms with van der Waals surface area (Å²) in [5.41, 5.74) is 0.333. The number of hydrogen-bond acceptors (Lipinski definition) is 5. The first-order chi connectivity index (χ1) is 6.15. The Morgan fingerprint density at radius 2 is 1.92 bits per heavy atom. The summed E-state index contributed by atoms with van der Waals surface area (Å²) in [5, 5.41) is 26.6. The molecule has 1 heterocycles. The number of nitrogens with zero attached hydrogens (tertiary/aromatic N) is 3. The summed E-state index contributed by atoms with van der Waals surface area (Å²) >= 11 is 0. The van der Waals surface area contributed by atoms with Gasteiger partial charge in [0.15, 0.2) is 6.10 Å². The second-order valence-electron chi connectivity index (χ2n) is 2.58. The summed E-state index contributed by atoms with van der Waals surface area (Å²) < 4.78 is 0. The first kappa shape index (κ1) is 9.58. The molecule has 68 valence electrons. The number of aliphatic hydroxyl groups is 2. The molecule has 0 aliphatic heterocycles. The zero-order valence-electron chi connectivity index (χ0n) is 7.05. The lowest BCUT2D eigenvalue weighted by Crippen LogP contribution is -2.16. The third-order valence-electron chi connectivity index (χ3n) is 1.57. The van der Waals surface area contributed by atoms with Crippen LogP contribution in [0.4, 0.5) is 0 Å². The van der Waals surface area contributed by atoms with Gasteiger partial charge in [0.1, 0.15) is 11.9 Å². The van der Waals surface area contributed by atoms with E-state index in [4.69, 9.17) is 10.4 Å². The van der Waals surface area contributed by atoms with E-state index < -0.39 is 12.2 Å². The van der Waals surface area contributed by atoms with Gasteiger partial charge in [-0.3, -0.25) is 0 Å². The molecule has 0 saturated heterocycles. The van der Waals surface area contributed by atoms with E-state index in [9.17, 15) is 5.11 Å². The van der Waals surface area contributed by atoms with E-state index >= 15 is 0 Å². The topological polar surface area (TPSA) is 90.0 Å². The largest absolute Gasteiger partial charge is 0.384 e. The zero-order chi connectivity index (χ0) is 9.84. The first-order valence-electron chi connectivity index (χ1n) is 3.69. The highest BCUT2D eigenvalue weighted by atomic mass is 16.3. The molecule has 5 nitrogen and oxygen atoms in total. The van der Waals surface area contributed by atoms with Crippen LogP contribution in [0.3, 0.4) is 0 Å². The van der Waals surface area contributed by atoms with E-state index in [0.717, 1.165) is 0 Å². The molecule has 2 unspecified atom stereocenters. The monoisotopic (exact) mass is 179 g/mol. The van der Waals surface area contributed by atoms with Crippen LogP contribution in [0, 0.1) is 18.3 Å². The van der Waals surface area contributed by atoms with Crippen LogP contribution in [0.15, 0.2) is 12.4 Å². The maximum absolute atomic E-state index is 9.33. The Balaban J connectivity index is 2.84. The summed E-state index contributed by atoms with van der Waals surface area (Å²) in [6, 6.07) is 1.53. The van der Waals surface area contributed by atoms with Crippen molar-refractivity contribution in [2.45, 2.75) is 19.1 Å². The molecule has 0 radical (unpaired) electrons. The Morgan fingerprint density at radius 1 is 1.38 bits per heavy atom. The van der Waals surface area contributed by atoms with Crippen LogP contribution in [0.25, 0.3) is 0 Å². The maximum Gasteiger partial charge on any atom is 0.170 e. The van der Waals surface area contributed by atoms with Crippen LogP contribution in [0.1, 0.15) is 17.5 Å². The lowest BCUT2D eigenvalue weighted by Gasteiger charge is -2.10. The van der Waals surface area contributed by atoms with E-state index in [1.54, 1.807) is 6.92 Å². The van der Waals surface area contributed by atoms with Gasteiger partial charge in [0, 0.05) is 18.0 Å². The number of aryl methyl sites for hydroxylation is 1. The van der Waals surface area contributed by atoms with Gasteiger partial charge < -0.3 is 10.2 Å².